The van der Waals surface area contributed by atoms with E-state index >= 15 is 0 Å². The van der Waals surface area contributed by atoms with Gasteiger partial charge in [0, 0.05) is 0 Å². The summed E-state index contributed by atoms with van der Waals surface area (Å²) in [5, 5.41) is 19.7. The zero-order valence-electron chi connectivity index (χ0n) is 8.35. The monoisotopic (exact) mass is 278 g/mol. The van der Waals surface area contributed by atoms with Gasteiger partial charge in [-0.15, -0.1) is 0 Å². The number of aliphatic hydroxyl groups excluding tert-OH is 1. The number of carbonyl (C=O) groups is 2. The number of nitrogens with one attached hydrogen (secondary N) is 1. The van der Waals surface area contributed by atoms with Gasteiger partial charge >= 0.3 is 5.97 Å². The van der Waals surface area contributed by atoms with Crippen molar-refractivity contribution in [2.45, 2.75) is 6.10 Å². The van der Waals surface area contributed by atoms with Crippen LogP contribution in [0.4, 0.5) is 0 Å². The molecule has 3 N–H and O–H groups in total. The summed E-state index contributed by atoms with van der Waals surface area (Å²) in [5.74, 6) is -2.15. The number of halogens is 2. The van der Waals surface area contributed by atoms with Gasteiger partial charge < -0.3 is 15.5 Å². The Kier molecular flexibility index (Phi) is 4.68. The van der Waals surface area contributed by atoms with E-state index in [4.69, 9.17) is 33.4 Å². The van der Waals surface area contributed by atoms with E-state index in [2.05, 4.69) is 10.3 Å². The van der Waals surface area contributed by atoms with Crippen molar-refractivity contribution in [3.63, 3.8) is 0 Å². The molecule has 0 aliphatic carbocycles. The third-order valence-corrected chi connectivity index (χ3v) is 2.28. The van der Waals surface area contributed by atoms with Crippen LogP contribution in [0.1, 0.15) is 10.5 Å². The number of aromatic nitrogens is 1. The minimum absolute atomic E-state index is 0.0803. The highest BCUT2D eigenvalue weighted by Gasteiger charge is 2.17. The molecular weight excluding hydrogens is 271 g/mol. The van der Waals surface area contributed by atoms with E-state index in [-0.39, 0.29) is 15.9 Å². The summed E-state index contributed by atoms with van der Waals surface area (Å²) >= 11 is 11.3. The van der Waals surface area contributed by atoms with E-state index in [1.165, 1.54) is 12.1 Å². The Balaban J connectivity index is 2.70. The maximum atomic E-state index is 11.5. The number of nitrogens with zero attached hydrogens (tertiary/aromatic N) is 1. The minimum atomic E-state index is -1.68. The lowest BCUT2D eigenvalue weighted by Gasteiger charge is -2.08. The lowest BCUT2D eigenvalue weighted by molar-refractivity contribution is -0.146. The Bertz CT molecular complexity index is 453. The van der Waals surface area contributed by atoms with Crippen LogP contribution in [-0.2, 0) is 4.79 Å². The first-order valence-electron chi connectivity index (χ1n) is 4.43. The van der Waals surface area contributed by atoms with Crippen LogP contribution < -0.4 is 5.32 Å². The average molecular weight is 279 g/mol. The normalized spacial score (nSPS) is 11.9. The zero-order chi connectivity index (χ0) is 13.0. The van der Waals surface area contributed by atoms with Gasteiger partial charge in [0.15, 0.2) is 6.10 Å². The summed E-state index contributed by atoms with van der Waals surface area (Å²) in [4.78, 5) is 25.5. The Labute approximate surface area is 106 Å². The molecule has 17 heavy (non-hydrogen) atoms. The second kappa shape index (κ2) is 5.81. The molecule has 6 nitrogen and oxygen atoms in total. The van der Waals surface area contributed by atoms with Gasteiger partial charge in [-0.25, -0.2) is 9.78 Å². The van der Waals surface area contributed by atoms with Gasteiger partial charge in [-0.05, 0) is 12.1 Å². The van der Waals surface area contributed by atoms with Gasteiger partial charge in [-0.1, -0.05) is 23.2 Å². The smallest absolute Gasteiger partial charge is 0.334 e. The number of pyridine rings is 1. The van der Waals surface area contributed by atoms with Crippen molar-refractivity contribution in [1.82, 2.24) is 10.3 Å². The molecule has 0 aromatic carbocycles. The predicted molar refractivity (Wildman–Crippen MR) is 60.2 cm³/mol. The molecule has 0 fully saturated rings. The van der Waals surface area contributed by atoms with Crippen molar-refractivity contribution >= 4 is 35.1 Å². The van der Waals surface area contributed by atoms with E-state index < -0.39 is 24.5 Å². The summed E-state index contributed by atoms with van der Waals surface area (Å²) in [7, 11) is 0. The number of carboxylic acid groups (broad SMARTS) is 1. The van der Waals surface area contributed by atoms with E-state index in [0.717, 1.165) is 0 Å². The molecule has 0 spiro atoms. The van der Waals surface area contributed by atoms with E-state index in [1.54, 1.807) is 0 Å². The summed E-state index contributed by atoms with van der Waals surface area (Å²) < 4.78 is 0. The Hall–Kier alpha value is -1.37. The van der Waals surface area contributed by atoms with Crippen LogP contribution in [0, 0.1) is 0 Å². The zero-order valence-corrected chi connectivity index (χ0v) is 9.87. The molecule has 92 valence electrons. The Morgan fingerprint density at radius 1 is 1.41 bits per heavy atom. The quantitative estimate of drug-likeness (QED) is 0.699. The summed E-state index contributed by atoms with van der Waals surface area (Å²) in [6, 6.07) is 2.80. The first-order chi connectivity index (χ1) is 7.91. The number of hydrogen-bond acceptors (Lipinski definition) is 4. The SMILES string of the molecule is O=C(NC[C@H](O)C(=O)O)c1nc(Cl)ccc1Cl. The van der Waals surface area contributed by atoms with Gasteiger partial charge in [-0.2, -0.15) is 0 Å². The molecule has 0 unspecified atom stereocenters. The van der Waals surface area contributed by atoms with Crippen LogP contribution in [0.2, 0.25) is 10.2 Å². The highest BCUT2D eigenvalue weighted by Crippen LogP contribution is 2.16. The fraction of sp³-hybridized carbons (Fsp3) is 0.222. The van der Waals surface area contributed by atoms with Crippen molar-refractivity contribution in [3.05, 3.63) is 28.0 Å². The lowest BCUT2D eigenvalue weighted by Crippen LogP contribution is -2.36. The van der Waals surface area contributed by atoms with Crippen LogP contribution in [0.25, 0.3) is 0 Å². The number of aliphatic carboxylic acids is 1. The molecule has 8 heteroatoms. The van der Waals surface area contributed by atoms with Gasteiger partial charge in [0.25, 0.3) is 5.91 Å². The molecule has 1 rings (SSSR count). The van der Waals surface area contributed by atoms with Gasteiger partial charge in [0.1, 0.15) is 10.8 Å². The van der Waals surface area contributed by atoms with Crippen LogP contribution in [0.5, 0.6) is 0 Å². The van der Waals surface area contributed by atoms with Crippen molar-refractivity contribution in [1.29, 1.82) is 0 Å². The van der Waals surface area contributed by atoms with Crippen LogP contribution in [0.15, 0.2) is 12.1 Å². The van der Waals surface area contributed by atoms with Crippen molar-refractivity contribution in [3.8, 4) is 0 Å². The predicted octanol–water partition coefficient (Wildman–Crippen LogP) is 0.564. The molecule has 1 aromatic rings. The molecular formula is C9H8Cl2N2O4. The molecule has 1 aromatic heterocycles. The van der Waals surface area contributed by atoms with E-state index in [0.29, 0.717) is 0 Å². The van der Waals surface area contributed by atoms with E-state index in [1.807, 2.05) is 0 Å². The Morgan fingerprint density at radius 2 is 2.06 bits per heavy atom. The van der Waals surface area contributed by atoms with Crippen LogP contribution in [-0.4, -0.2) is 39.7 Å². The molecule has 0 aliphatic heterocycles. The van der Waals surface area contributed by atoms with Crippen molar-refractivity contribution in [2.75, 3.05) is 6.54 Å². The number of carboxylic acids is 1. The van der Waals surface area contributed by atoms with Crippen molar-refractivity contribution < 1.29 is 19.8 Å². The maximum absolute atomic E-state index is 11.5. The summed E-state index contributed by atoms with van der Waals surface area (Å²) in [6.07, 6.45) is -1.68. The molecule has 0 saturated carbocycles. The van der Waals surface area contributed by atoms with Crippen LogP contribution >= 0.6 is 23.2 Å². The second-order valence-electron chi connectivity index (χ2n) is 3.03. The fourth-order valence-electron chi connectivity index (χ4n) is 0.938. The largest absolute Gasteiger partial charge is 0.479 e. The average Bonchev–Trinajstić information content (AvgIpc) is 2.28. The topological polar surface area (TPSA) is 99.5 Å². The number of aliphatic hydroxyl groups is 1. The van der Waals surface area contributed by atoms with Gasteiger partial charge in [0.2, 0.25) is 0 Å². The van der Waals surface area contributed by atoms with Crippen LogP contribution in [0.3, 0.4) is 0 Å². The molecule has 0 radical (unpaired) electrons. The van der Waals surface area contributed by atoms with E-state index in [9.17, 15) is 9.59 Å². The molecule has 1 amide bonds. The number of rotatable bonds is 4. The lowest BCUT2D eigenvalue weighted by atomic mass is 10.3. The summed E-state index contributed by atoms with van der Waals surface area (Å²) in [6.45, 7) is -0.446. The molecule has 1 heterocycles. The standard InChI is InChI=1S/C9H8Cl2N2O4/c10-4-1-2-6(11)13-7(4)8(15)12-3-5(14)9(16)17/h1-2,5,14H,3H2,(H,12,15)(H,16,17)/t5-/m0/s1. The minimum Gasteiger partial charge on any atom is -0.479 e. The molecule has 1 atom stereocenters. The third-order valence-electron chi connectivity index (χ3n) is 1.77. The number of carbonyl (C=O) groups excluding carboxylic acids is 1. The third kappa shape index (κ3) is 3.85. The first kappa shape index (κ1) is 13.7. The highest BCUT2D eigenvalue weighted by atomic mass is 35.5. The molecule has 0 bridgehead atoms. The second-order valence-corrected chi connectivity index (χ2v) is 3.82. The number of amides is 1. The molecule has 0 saturated heterocycles. The van der Waals surface area contributed by atoms with Crippen molar-refractivity contribution in [2.24, 2.45) is 0 Å². The maximum Gasteiger partial charge on any atom is 0.334 e. The fourth-order valence-corrected chi connectivity index (χ4v) is 1.28. The first-order valence-corrected chi connectivity index (χ1v) is 5.18. The van der Waals surface area contributed by atoms with Gasteiger partial charge in [0.05, 0.1) is 11.6 Å². The highest BCUT2D eigenvalue weighted by molar-refractivity contribution is 6.34. The number of hydrogen-bond donors (Lipinski definition) is 3. The Morgan fingerprint density at radius 3 is 2.65 bits per heavy atom. The van der Waals surface area contributed by atoms with Gasteiger partial charge in [-0.3, -0.25) is 4.79 Å². The summed E-state index contributed by atoms with van der Waals surface area (Å²) in [5.41, 5.74) is -0.128. The molecule has 0 aliphatic rings.